The third-order valence-corrected chi connectivity index (χ3v) is 3.86. The van der Waals surface area contributed by atoms with Crippen LogP contribution >= 0.6 is 0 Å². The molecular formula is C22H19N3O3. The van der Waals surface area contributed by atoms with Crippen molar-refractivity contribution in [2.24, 2.45) is 0 Å². The highest BCUT2D eigenvalue weighted by Gasteiger charge is 2.11. The number of hydrogen-bond acceptors (Lipinski definition) is 3. The molecule has 0 aromatic heterocycles. The Labute approximate surface area is 162 Å². The van der Waals surface area contributed by atoms with E-state index in [1.54, 1.807) is 54.6 Å². The summed E-state index contributed by atoms with van der Waals surface area (Å²) in [5.41, 5.74) is 2.53. The Kier molecular flexibility index (Phi) is 5.81. The molecule has 0 unspecified atom stereocenters. The van der Waals surface area contributed by atoms with Gasteiger partial charge in [-0.2, -0.15) is 0 Å². The average Bonchev–Trinajstić information content (AvgIpc) is 2.68. The van der Waals surface area contributed by atoms with Crippen molar-refractivity contribution in [3.63, 3.8) is 0 Å². The first-order valence-electron chi connectivity index (χ1n) is 8.67. The summed E-state index contributed by atoms with van der Waals surface area (Å²) in [6.45, 7) is 1.41. The Morgan fingerprint density at radius 2 is 1.07 bits per heavy atom. The smallest absolute Gasteiger partial charge is 0.255 e. The summed E-state index contributed by atoms with van der Waals surface area (Å²) >= 11 is 0. The van der Waals surface area contributed by atoms with Crippen LogP contribution in [0.4, 0.5) is 17.1 Å². The van der Waals surface area contributed by atoms with Gasteiger partial charge in [0.1, 0.15) is 0 Å². The molecule has 6 heteroatoms. The average molecular weight is 373 g/mol. The van der Waals surface area contributed by atoms with Crippen LogP contribution < -0.4 is 16.0 Å². The Hall–Kier alpha value is -3.93. The van der Waals surface area contributed by atoms with E-state index in [9.17, 15) is 14.4 Å². The van der Waals surface area contributed by atoms with Crippen LogP contribution in [0, 0.1) is 0 Å². The summed E-state index contributed by atoms with van der Waals surface area (Å²) in [6, 6.07) is 22.4. The molecule has 0 saturated heterocycles. The van der Waals surface area contributed by atoms with Gasteiger partial charge in [0.25, 0.3) is 11.8 Å². The zero-order valence-electron chi connectivity index (χ0n) is 15.2. The van der Waals surface area contributed by atoms with E-state index in [-0.39, 0.29) is 17.7 Å². The van der Waals surface area contributed by atoms with Crippen LogP contribution in [-0.4, -0.2) is 17.7 Å². The normalized spacial score (nSPS) is 10.0. The van der Waals surface area contributed by atoms with Gasteiger partial charge in [0.05, 0.1) is 0 Å². The molecule has 0 bridgehead atoms. The summed E-state index contributed by atoms with van der Waals surface area (Å²) in [5, 5.41) is 8.22. The molecule has 0 atom stereocenters. The monoisotopic (exact) mass is 373 g/mol. The number of para-hydroxylation sites is 1. The minimum atomic E-state index is -0.352. The molecule has 3 aromatic rings. The van der Waals surface area contributed by atoms with Crippen molar-refractivity contribution in [2.75, 3.05) is 16.0 Å². The number of nitrogens with one attached hydrogen (secondary N) is 3. The molecule has 0 saturated carbocycles. The van der Waals surface area contributed by atoms with Gasteiger partial charge in [0.15, 0.2) is 0 Å². The second kappa shape index (κ2) is 8.64. The molecule has 3 rings (SSSR count). The number of carbonyl (C=O) groups is 3. The molecule has 28 heavy (non-hydrogen) atoms. The molecule has 0 aliphatic heterocycles. The molecule has 0 fully saturated rings. The predicted molar refractivity (Wildman–Crippen MR) is 110 cm³/mol. The topological polar surface area (TPSA) is 87.3 Å². The summed E-state index contributed by atoms with van der Waals surface area (Å²) in [4.78, 5) is 36.1. The van der Waals surface area contributed by atoms with E-state index in [1.165, 1.54) is 13.0 Å². The lowest BCUT2D eigenvalue weighted by molar-refractivity contribution is -0.114. The lowest BCUT2D eigenvalue weighted by Crippen LogP contribution is -2.15. The second-order valence-electron chi connectivity index (χ2n) is 6.12. The molecule has 0 radical (unpaired) electrons. The summed E-state index contributed by atoms with van der Waals surface area (Å²) < 4.78 is 0. The van der Waals surface area contributed by atoms with Crippen molar-refractivity contribution in [2.45, 2.75) is 6.92 Å². The Morgan fingerprint density at radius 1 is 0.571 bits per heavy atom. The maximum atomic E-state index is 12.6. The van der Waals surface area contributed by atoms with E-state index >= 15 is 0 Å². The highest BCUT2D eigenvalue weighted by atomic mass is 16.2. The zero-order valence-corrected chi connectivity index (χ0v) is 15.2. The first kappa shape index (κ1) is 18.8. The summed E-state index contributed by atoms with van der Waals surface area (Å²) in [7, 11) is 0. The fourth-order valence-corrected chi connectivity index (χ4v) is 2.61. The largest absolute Gasteiger partial charge is 0.326 e. The maximum absolute atomic E-state index is 12.6. The van der Waals surface area contributed by atoms with E-state index in [1.807, 2.05) is 18.2 Å². The SMILES string of the molecule is CC(=O)Nc1cccc(NC(=O)c2cccc(C(=O)Nc3ccccc3)c2)c1. The first-order valence-corrected chi connectivity index (χ1v) is 8.67. The van der Waals surface area contributed by atoms with Gasteiger partial charge in [0, 0.05) is 35.1 Å². The van der Waals surface area contributed by atoms with Crippen LogP contribution in [0.15, 0.2) is 78.9 Å². The zero-order chi connectivity index (χ0) is 19.9. The quantitative estimate of drug-likeness (QED) is 0.628. The number of rotatable bonds is 5. The number of anilines is 3. The van der Waals surface area contributed by atoms with Crippen molar-refractivity contribution in [3.8, 4) is 0 Å². The summed E-state index contributed by atoms with van der Waals surface area (Å²) in [6.07, 6.45) is 0. The van der Waals surface area contributed by atoms with Crippen molar-refractivity contribution in [1.29, 1.82) is 0 Å². The molecule has 0 heterocycles. The van der Waals surface area contributed by atoms with Gasteiger partial charge in [-0.3, -0.25) is 14.4 Å². The van der Waals surface area contributed by atoms with Gasteiger partial charge in [-0.05, 0) is 48.5 Å². The third kappa shape index (κ3) is 5.04. The molecule has 3 aromatic carbocycles. The Bertz CT molecular complexity index is 1020. The van der Waals surface area contributed by atoms with Crippen molar-refractivity contribution in [3.05, 3.63) is 90.0 Å². The van der Waals surface area contributed by atoms with Gasteiger partial charge in [-0.15, -0.1) is 0 Å². The molecule has 0 aliphatic rings. The molecule has 0 spiro atoms. The summed E-state index contributed by atoms with van der Waals surface area (Å²) in [5.74, 6) is -0.844. The Morgan fingerprint density at radius 3 is 1.68 bits per heavy atom. The number of amides is 3. The number of benzene rings is 3. The number of carbonyl (C=O) groups excluding carboxylic acids is 3. The van der Waals surface area contributed by atoms with Crippen LogP contribution in [0.3, 0.4) is 0 Å². The highest BCUT2D eigenvalue weighted by molar-refractivity contribution is 6.08. The van der Waals surface area contributed by atoms with Gasteiger partial charge >= 0.3 is 0 Å². The minimum Gasteiger partial charge on any atom is -0.326 e. The molecular weight excluding hydrogens is 354 g/mol. The van der Waals surface area contributed by atoms with Crippen molar-refractivity contribution >= 4 is 34.8 Å². The van der Waals surface area contributed by atoms with Gasteiger partial charge in [0.2, 0.25) is 5.91 Å². The van der Waals surface area contributed by atoms with Crippen LogP contribution in [-0.2, 0) is 4.79 Å². The number of hydrogen-bond donors (Lipinski definition) is 3. The first-order chi connectivity index (χ1) is 13.5. The standard InChI is InChI=1S/C22H19N3O3/c1-15(26)23-19-11-6-12-20(14-19)25-22(28)17-8-5-7-16(13-17)21(27)24-18-9-3-2-4-10-18/h2-14H,1H3,(H,23,26)(H,24,27)(H,25,28). The molecule has 6 nitrogen and oxygen atoms in total. The fourth-order valence-electron chi connectivity index (χ4n) is 2.61. The lowest BCUT2D eigenvalue weighted by atomic mass is 10.1. The van der Waals surface area contributed by atoms with Gasteiger partial charge in [-0.1, -0.05) is 30.3 Å². The van der Waals surface area contributed by atoms with Crippen molar-refractivity contribution < 1.29 is 14.4 Å². The van der Waals surface area contributed by atoms with Gasteiger partial charge in [-0.25, -0.2) is 0 Å². The molecule has 140 valence electrons. The van der Waals surface area contributed by atoms with Crippen LogP contribution in [0.25, 0.3) is 0 Å². The molecule has 3 amide bonds. The van der Waals surface area contributed by atoms with Crippen LogP contribution in [0.5, 0.6) is 0 Å². The van der Waals surface area contributed by atoms with Crippen LogP contribution in [0.1, 0.15) is 27.6 Å². The van der Waals surface area contributed by atoms with E-state index < -0.39 is 0 Å². The van der Waals surface area contributed by atoms with E-state index in [0.29, 0.717) is 28.2 Å². The van der Waals surface area contributed by atoms with E-state index in [2.05, 4.69) is 16.0 Å². The molecule has 3 N–H and O–H groups in total. The predicted octanol–water partition coefficient (Wildman–Crippen LogP) is 4.15. The van der Waals surface area contributed by atoms with Crippen molar-refractivity contribution in [1.82, 2.24) is 0 Å². The van der Waals surface area contributed by atoms with Gasteiger partial charge < -0.3 is 16.0 Å². The van der Waals surface area contributed by atoms with E-state index in [4.69, 9.17) is 0 Å². The van der Waals surface area contributed by atoms with Crippen LogP contribution in [0.2, 0.25) is 0 Å². The maximum Gasteiger partial charge on any atom is 0.255 e. The molecule has 0 aliphatic carbocycles. The Balaban J connectivity index is 1.72. The fraction of sp³-hybridized carbons (Fsp3) is 0.0455. The lowest BCUT2D eigenvalue weighted by Gasteiger charge is -2.09. The second-order valence-corrected chi connectivity index (χ2v) is 6.12. The third-order valence-electron chi connectivity index (χ3n) is 3.86. The minimum absolute atomic E-state index is 0.194. The highest BCUT2D eigenvalue weighted by Crippen LogP contribution is 2.17. The van der Waals surface area contributed by atoms with E-state index in [0.717, 1.165) is 0 Å².